The third-order valence-corrected chi connectivity index (χ3v) is 5.08. The molecule has 0 aliphatic carbocycles. The highest BCUT2D eigenvalue weighted by Crippen LogP contribution is 2.33. The van der Waals surface area contributed by atoms with Gasteiger partial charge in [-0.3, -0.25) is 4.57 Å². The highest BCUT2D eigenvalue weighted by atomic mass is 127. The van der Waals surface area contributed by atoms with Crippen LogP contribution in [0.2, 0.25) is 5.02 Å². The Bertz CT molecular complexity index is 679. The number of aliphatic hydroxyl groups is 2. The van der Waals surface area contributed by atoms with Crippen molar-refractivity contribution in [2.45, 2.75) is 31.0 Å². The van der Waals surface area contributed by atoms with Crippen molar-refractivity contribution in [2.24, 2.45) is 0 Å². The van der Waals surface area contributed by atoms with Crippen molar-refractivity contribution >= 4 is 40.0 Å². The van der Waals surface area contributed by atoms with Gasteiger partial charge < -0.3 is 20.7 Å². The molecule has 1 aromatic heterocycles. The van der Waals surface area contributed by atoms with Gasteiger partial charge in [0.2, 0.25) is 0 Å². The summed E-state index contributed by atoms with van der Waals surface area (Å²) in [5.74, 6) is 0.422. The van der Waals surface area contributed by atoms with E-state index in [4.69, 9.17) is 22.1 Å². The van der Waals surface area contributed by atoms with Gasteiger partial charge in [0.05, 0.1) is 18.1 Å². The number of nitrogens with two attached hydrogens (primary N) is 1. The summed E-state index contributed by atoms with van der Waals surface area (Å²) in [6, 6.07) is 7.46. The Morgan fingerprint density at radius 2 is 1.96 bits per heavy atom. The molecule has 0 bridgehead atoms. The lowest BCUT2D eigenvalue weighted by molar-refractivity contribution is -0.0292. The van der Waals surface area contributed by atoms with Gasteiger partial charge in [0.15, 0.2) is 6.23 Å². The number of aromatic nitrogens is 2. The second-order valence-electron chi connectivity index (χ2n) is 5.49. The maximum atomic E-state index is 10.2. The fourth-order valence-corrected chi connectivity index (χ4v) is 3.48. The second kappa shape index (κ2) is 6.94. The van der Waals surface area contributed by atoms with E-state index in [9.17, 15) is 10.2 Å². The minimum absolute atomic E-state index is 0.419. The molecule has 0 saturated carbocycles. The summed E-state index contributed by atoms with van der Waals surface area (Å²) in [4.78, 5) is 4.32. The molecule has 0 unspecified atom stereocenters. The van der Waals surface area contributed by atoms with Gasteiger partial charge in [0, 0.05) is 15.9 Å². The van der Waals surface area contributed by atoms with E-state index in [0.717, 1.165) is 5.56 Å². The molecule has 1 saturated heterocycles. The fraction of sp³-hybridized carbons (Fsp3) is 0.400. The third-order valence-electron chi connectivity index (χ3n) is 3.96. The molecule has 4 atom stereocenters. The average Bonchev–Trinajstić information content (AvgIpc) is 3.03. The number of benzene rings is 1. The van der Waals surface area contributed by atoms with Gasteiger partial charge in [-0.15, -0.1) is 0 Å². The highest BCUT2D eigenvalue weighted by Gasteiger charge is 2.43. The van der Waals surface area contributed by atoms with Gasteiger partial charge >= 0.3 is 0 Å². The molecule has 2 heterocycles. The van der Waals surface area contributed by atoms with Crippen LogP contribution in [0.1, 0.15) is 17.5 Å². The van der Waals surface area contributed by atoms with Crippen molar-refractivity contribution in [1.29, 1.82) is 0 Å². The quantitative estimate of drug-likeness (QED) is 0.489. The number of nitrogen functional groups attached to an aromatic ring is 1. The number of rotatable bonds is 4. The van der Waals surface area contributed by atoms with Crippen molar-refractivity contribution in [2.75, 3.05) is 10.2 Å². The van der Waals surface area contributed by atoms with Crippen LogP contribution in [0.3, 0.4) is 0 Å². The molecule has 8 heteroatoms. The minimum atomic E-state index is -1.03. The van der Waals surface area contributed by atoms with Crippen molar-refractivity contribution in [3.63, 3.8) is 0 Å². The van der Waals surface area contributed by atoms with E-state index < -0.39 is 24.5 Å². The Hall–Kier alpha value is -0.870. The highest BCUT2D eigenvalue weighted by molar-refractivity contribution is 14.1. The van der Waals surface area contributed by atoms with Crippen LogP contribution in [0.4, 0.5) is 5.82 Å². The van der Waals surface area contributed by atoms with Gasteiger partial charge in [-0.1, -0.05) is 46.3 Å². The molecule has 23 heavy (non-hydrogen) atoms. The van der Waals surface area contributed by atoms with Crippen LogP contribution < -0.4 is 5.73 Å². The minimum Gasteiger partial charge on any atom is -0.387 e. The molecule has 1 fully saturated rings. The average molecular weight is 450 g/mol. The molecule has 0 radical (unpaired) electrons. The van der Waals surface area contributed by atoms with E-state index in [-0.39, 0.29) is 0 Å². The molecule has 0 spiro atoms. The van der Waals surface area contributed by atoms with Crippen LogP contribution >= 0.6 is 34.2 Å². The molecule has 6 nitrogen and oxygen atoms in total. The Balaban J connectivity index is 1.81. The normalized spacial score (nSPS) is 27.5. The lowest BCUT2D eigenvalue weighted by Crippen LogP contribution is -2.32. The zero-order valence-electron chi connectivity index (χ0n) is 12.1. The summed E-state index contributed by atoms with van der Waals surface area (Å²) in [5, 5.41) is 20.8. The molecule has 1 aliphatic rings. The number of anilines is 1. The fourth-order valence-electron chi connectivity index (χ4n) is 2.63. The van der Waals surface area contributed by atoms with Crippen molar-refractivity contribution in [3.8, 4) is 0 Å². The van der Waals surface area contributed by atoms with Gasteiger partial charge in [-0.2, -0.15) is 0 Å². The molecule has 1 aromatic carbocycles. The zero-order chi connectivity index (χ0) is 16.6. The summed E-state index contributed by atoms with van der Waals surface area (Å²) in [5.41, 5.74) is 7.88. The summed E-state index contributed by atoms with van der Waals surface area (Å²) in [7, 11) is 0. The molecule has 1 aliphatic heterocycles. The largest absolute Gasteiger partial charge is 0.387 e. The van der Waals surface area contributed by atoms with Crippen molar-refractivity contribution in [1.82, 2.24) is 9.55 Å². The smallest absolute Gasteiger partial charge is 0.165 e. The standard InChI is InChI=1S/C15H17ClIN3O3/c16-9-3-1-8(2-4-9)5-10-14(18)20(7-19-10)15-13(22)12(21)11(6-17)23-15/h1-4,7,11-13,15,21-22H,5-6,18H2/t11-,12-,13-,15-/m1/s1. The van der Waals surface area contributed by atoms with Crippen LogP contribution in [0.5, 0.6) is 0 Å². The molecular weight excluding hydrogens is 433 g/mol. The SMILES string of the molecule is Nc1c(Cc2ccc(Cl)cc2)ncn1[C@@H]1O[C@H](CI)[C@@H](O)[C@H]1O. The summed E-state index contributed by atoms with van der Waals surface area (Å²) in [6.45, 7) is 0. The maximum Gasteiger partial charge on any atom is 0.165 e. The monoisotopic (exact) mass is 449 g/mol. The number of nitrogens with zero attached hydrogens (tertiary/aromatic N) is 2. The summed E-state index contributed by atoms with van der Waals surface area (Å²) in [6.07, 6.45) is -1.02. The Morgan fingerprint density at radius 1 is 1.26 bits per heavy atom. The van der Waals surface area contributed by atoms with Crippen LogP contribution in [-0.4, -0.2) is 42.5 Å². The lowest BCUT2D eigenvalue weighted by atomic mass is 10.1. The maximum absolute atomic E-state index is 10.2. The van der Waals surface area contributed by atoms with E-state index in [0.29, 0.717) is 27.4 Å². The van der Waals surface area contributed by atoms with E-state index in [2.05, 4.69) is 27.6 Å². The zero-order valence-corrected chi connectivity index (χ0v) is 15.1. The molecule has 3 rings (SSSR count). The predicted octanol–water partition coefficient (Wildman–Crippen LogP) is 1.76. The van der Waals surface area contributed by atoms with Crippen LogP contribution in [0.15, 0.2) is 30.6 Å². The van der Waals surface area contributed by atoms with Gasteiger partial charge in [0.25, 0.3) is 0 Å². The van der Waals surface area contributed by atoms with Gasteiger partial charge in [-0.05, 0) is 17.7 Å². The first kappa shape index (κ1) is 17.0. The van der Waals surface area contributed by atoms with Crippen LogP contribution in [0.25, 0.3) is 0 Å². The number of hydrogen-bond donors (Lipinski definition) is 3. The predicted molar refractivity (Wildman–Crippen MR) is 95.7 cm³/mol. The molecule has 4 N–H and O–H groups in total. The summed E-state index contributed by atoms with van der Waals surface area (Å²) >= 11 is 7.99. The molecule has 124 valence electrons. The number of aliphatic hydroxyl groups excluding tert-OH is 2. The first-order chi connectivity index (χ1) is 11.0. The second-order valence-corrected chi connectivity index (χ2v) is 6.80. The number of ether oxygens (including phenoxy) is 1. The Morgan fingerprint density at radius 3 is 2.57 bits per heavy atom. The van der Waals surface area contributed by atoms with E-state index in [1.807, 2.05) is 24.3 Å². The first-order valence-electron chi connectivity index (χ1n) is 7.14. The van der Waals surface area contributed by atoms with Gasteiger partial charge in [0.1, 0.15) is 18.0 Å². The van der Waals surface area contributed by atoms with Crippen LogP contribution in [-0.2, 0) is 11.2 Å². The first-order valence-corrected chi connectivity index (χ1v) is 9.04. The number of imidazole rings is 1. The summed E-state index contributed by atoms with van der Waals surface area (Å²) < 4.78 is 7.86. The number of hydrogen-bond acceptors (Lipinski definition) is 5. The molecule has 2 aromatic rings. The molecular formula is C15H17ClIN3O3. The number of halogens is 2. The van der Waals surface area contributed by atoms with E-state index >= 15 is 0 Å². The van der Waals surface area contributed by atoms with Crippen molar-refractivity contribution < 1.29 is 14.9 Å². The number of alkyl halides is 1. The van der Waals surface area contributed by atoms with E-state index in [1.165, 1.54) is 6.33 Å². The third kappa shape index (κ3) is 3.34. The molecule has 0 amide bonds. The Kier molecular flexibility index (Phi) is 5.12. The topological polar surface area (TPSA) is 93.5 Å². The Labute approximate surface area is 152 Å². The van der Waals surface area contributed by atoms with Crippen LogP contribution in [0, 0.1) is 0 Å². The van der Waals surface area contributed by atoms with Gasteiger partial charge in [-0.25, -0.2) is 4.98 Å². The lowest BCUT2D eigenvalue weighted by Gasteiger charge is -2.17. The van der Waals surface area contributed by atoms with E-state index in [1.54, 1.807) is 4.57 Å². The van der Waals surface area contributed by atoms with Crippen molar-refractivity contribution in [3.05, 3.63) is 46.9 Å².